The quantitative estimate of drug-likeness (QED) is 0.189. The van der Waals surface area contributed by atoms with E-state index in [2.05, 4.69) is 13.2 Å². The number of aliphatic hydroxyl groups is 1. The number of unbranched alkanes of at least 4 members (excludes halogenated alkanes) is 1. The first-order valence-corrected chi connectivity index (χ1v) is 15.1. The predicted molar refractivity (Wildman–Crippen MR) is 158 cm³/mol. The fourth-order valence-electron chi connectivity index (χ4n) is 7.21. The number of benzene rings is 1. The molecule has 0 saturated carbocycles. The molecular weight excluding hydrogens is 544 g/mol. The van der Waals surface area contributed by atoms with E-state index in [1.165, 1.54) is 9.80 Å². The van der Waals surface area contributed by atoms with Gasteiger partial charge in [-0.1, -0.05) is 63.1 Å². The lowest BCUT2D eigenvalue weighted by Crippen LogP contribution is -2.60. The van der Waals surface area contributed by atoms with Crippen molar-refractivity contribution in [2.75, 3.05) is 24.7 Å². The Kier molecular flexibility index (Phi) is 9.66. The number of hydrogen-bond acceptors (Lipinski definition) is 6. The molecule has 0 aliphatic carbocycles. The molecule has 2 unspecified atom stereocenters. The van der Waals surface area contributed by atoms with Crippen molar-refractivity contribution in [1.82, 2.24) is 4.90 Å². The normalized spacial score (nSPS) is 29.6. The Bertz CT molecular complexity index is 1170. The topological polar surface area (TPSA) is 96.4 Å². The molecule has 3 fully saturated rings. The second kappa shape index (κ2) is 12.7. The highest BCUT2D eigenvalue weighted by Crippen LogP contribution is 2.65. The molecule has 3 heterocycles. The van der Waals surface area contributed by atoms with Gasteiger partial charge in [0.05, 0.1) is 41.5 Å². The number of allylic oxidation sites excluding steroid dienone is 1. The van der Waals surface area contributed by atoms with Crippen LogP contribution in [0.4, 0.5) is 5.69 Å². The van der Waals surface area contributed by atoms with Crippen molar-refractivity contribution in [3.63, 3.8) is 0 Å². The Morgan fingerprint density at radius 2 is 2.00 bits per heavy atom. The average molecular weight is 587 g/mol. The van der Waals surface area contributed by atoms with Gasteiger partial charge in [0.25, 0.3) is 5.91 Å². The number of fused-ring (bicyclic) bond motifs is 1. The number of esters is 1. The number of anilines is 1. The molecule has 1 N–H and O–H groups in total. The molecule has 2 bridgehead atoms. The van der Waals surface area contributed by atoms with Crippen molar-refractivity contribution >= 4 is 35.1 Å². The van der Waals surface area contributed by atoms with Gasteiger partial charge in [-0.15, -0.1) is 13.2 Å². The number of para-hydroxylation sites is 1. The van der Waals surface area contributed by atoms with Crippen LogP contribution in [0.3, 0.4) is 0 Å². The summed E-state index contributed by atoms with van der Waals surface area (Å²) in [4.78, 5) is 46.0. The van der Waals surface area contributed by atoms with Crippen molar-refractivity contribution in [2.24, 2.45) is 17.8 Å². The molecule has 2 amide bonds. The van der Waals surface area contributed by atoms with Crippen molar-refractivity contribution in [2.45, 2.75) is 82.6 Å². The van der Waals surface area contributed by atoms with E-state index in [1.54, 1.807) is 36.4 Å². The monoisotopic (exact) mass is 586 g/mol. The summed E-state index contributed by atoms with van der Waals surface area (Å²) in [6.07, 6.45) is 6.87. The van der Waals surface area contributed by atoms with Crippen molar-refractivity contribution in [3.8, 4) is 0 Å². The molecule has 4 rings (SSSR count). The Hall–Kier alpha value is -2.68. The van der Waals surface area contributed by atoms with E-state index in [9.17, 15) is 19.5 Å². The SMILES string of the molecule is C=CCCCOC(=O)[C@H]1[C@H]2C(=O)N([C@@H](CO)[C@@H](C)CC)C(C(=O)N(CC=C)c3ccccc3Cl)C23CC[C@]1(CC)O3. The summed E-state index contributed by atoms with van der Waals surface area (Å²) in [5.74, 6) is -3.04. The third kappa shape index (κ3) is 5.12. The molecule has 0 radical (unpaired) electrons. The number of rotatable bonds is 14. The molecule has 1 aromatic rings. The fourth-order valence-corrected chi connectivity index (χ4v) is 7.45. The molecule has 9 heteroatoms. The van der Waals surface area contributed by atoms with Crippen LogP contribution < -0.4 is 4.90 Å². The van der Waals surface area contributed by atoms with Gasteiger partial charge in [0.2, 0.25) is 5.91 Å². The zero-order valence-electron chi connectivity index (χ0n) is 24.4. The van der Waals surface area contributed by atoms with Gasteiger partial charge in [-0.05, 0) is 50.2 Å². The largest absolute Gasteiger partial charge is 0.465 e. The van der Waals surface area contributed by atoms with E-state index < -0.39 is 41.1 Å². The van der Waals surface area contributed by atoms with Gasteiger partial charge in [-0.25, -0.2) is 0 Å². The molecule has 1 aromatic carbocycles. The number of halogens is 1. The minimum Gasteiger partial charge on any atom is -0.465 e. The Balaban J connectivity index is 1.84. The van der Waals surface area contributed by atoms with Crippen LogP contribution in [0.1, 0.15) is 59.3 Å². The number of aliphatic hydroxyl groups excluding tert-OH is 1. The molecule has 1 spiro atoms. The summed E-state index contributed by atoms with van der Waals surface area (Å²) < 4.78 is 12.6. The van der Waals surface area contributed by atoms with Gasteiger partial charge in [0, 0.05) is 6.54 Å². The lowest BCUT2D eigenvalue weighted by Gasteiger charge is -2.41. The minimum atomic E-state index is -1.24. The molecule has 3 aliphatic heterocycles. The van der Waals surface area contributed by atoms with Crippen LogP contribution in [0.15, 0.2) is 49.6 Å². The summed E-state index contributed by atoms with van der Waals surface area (Å²) in [6, 6.07) is 5.34. The Labute approximate surface area is 248 Å². The van der Waals surface area contributed by atoms with Gasteiger partial charge < -0.3 is 24.4 Å². The zero-order chi connectivity index (χ0) is 29.9. The number of nitrogens with zero attached hydrogens (tertiary/aromatic N) is 2. The number of amides is 2. The van der Waals surface area contributed by atoms with Gasteiger partial charge in [0.1, 0.15) is 17.6 Å². The summed E-state index contributed by atoms with van der Waals surface area (Å²) in [7, 11) is 0. The van der Waals surface area contributed by atoms with Crippen LogP contribution >= 0.6 is 11.6 Å². The van der Waals surface area contributed by atoms with E-state index in [0.29, 0.717) is 49.2 Å². The number of hydrogen-bond donors (Lipinski definition) is 1. The first-order valence-electron chi connectivity index (χ1n) is 14.7. The number of likely N-dealkylation sites (tertiary alicyclic amines) is 1. The van der Waals surface area contributed by atoms with E-state index >= 15 is 0 Å². The minimum absolute atomic E-state index is 0.107. The zero-order valence-corrected chi connectivity index (χ0v) is 25.1. The number of ether oxygens (including phenoxy) is 2. The Morgan fingerprint density at radius 3 is 2.61 bits per heavy atom. The second-order valence-corrected chi connectivity index (χ2v) is 11.9. The van der Waals surface area contributed by atoms with Gasteiger partial charge in [0.15, 0.2) is 0 Å². The lowest BCUT2D eigenvalue weighted by atomic mass is 9.65. The van der Waals surface area contributed by atoms with E-state index in [1.807, 2.05) is 20.8 Å². The first-order chi connectivity index (χ1) is 19.7. The summed E-state index contributed by atoms with van der Waals surface area (Å²) in [5, 5.41) is 11.0. The van der Waals surface area contributed by atoms with Gasteiger partial charge in [-0.3, -0.25) is 14.4 Å². The van der Waals surface area contributed by atoms with E-state index in [4.69, 9.17) is 21.1 Å². The van der Waals surface area contributed by atoms with Crippen LogP contribution in [-0.4, -0.2) is 70.8 Å². The predicted octanol–water partition coefficient (Wildman–Crippen LogP) is 4.93. The standard InChI is InChI=1S/C32H43ClN2O6/c1-6-10-13-19-40-30(39)26-25-28(37)35(24(20-36)21(5)8-3)27(32(25)17-16-31(26,9-4)41-32)29(38)34(18-7-2)23-15-12-11-14-22(23)33/h6-7,11-12,14-15,21,24-27,36H,1-2,8-10,13,16-20H2,3-5H3/t21-,24-,25-,26+,27?,31-,32?/m0/s1. The van der Waals surface area contributed by atoms with Gasteiger partial charge >= 0.3 is 5.97 Å². The molecule has 7 atom stereocenters. The lowest BCUT2D eigenvalue weighted by molar-refractivity contribution is -0.162. The molecule has 0 aromatic heterocycles. The fraction of sp³-hybridized carbons (Fsp3) is 0.594. The maximum absolute atomic E-state index is 14.8. The van der Waals surface area contributed by atoms with E-state index in [-0.39, 0.29) is 37.5 Å². The highest BCUT2D eigenvalue weighted by molar-refractivity contribution is 6.34. The smallest absolute Gasteiger partial charge is 0.312 e. The van der Waals surface area contributed by atoms with Crippen LogP contribution in [0.2, 0.25) is 5.02 Å². The highest BCUT2D eigenvalue weighted by Gasteiger charge is 2.79. The van der Waals surface area contributed by atoms with Crippen LogP contribution in [0, 0.1) is 17.8 Å². The van der Waals surface area contributed by atoms with Crippen LogP contribution in [0.25, 0.3) is 0 Å². The average Bonchev–Trinajstić information content (AvgIpc) is 3.58. The van der Waals surface area contributed by atoms with Crippen molar-refractivity contribution in [3.05, 3.63) is 54.6 Å². The van der Waals surface area contributed by atoms with Crippen molar-refractivity contribution in [1.29, 1.82) is 0 Å². The van der Waals surface area contributed by atoms with Crippen LogP contribution in [-0.2, 0) is 23.9 Å². The summed E-state index contributed by atoms with van der Waals surface area (Å²) in [6.45, 7) is 13.5. The molecule has 41 heavy (non-hydrogen) atoms. The summed E-state index contributed by atoms with van der Waals surface area (Å²) >= 11 is 6.55. The summed E-state index contributed by atoms with van der Waals surface area (Å²) in [5.41, 5.74) is -1.65. The van der Waals surface area contributed by atoms with E-state index in [0.717, 1.165) is 0 Å². The molecule has 3 saturated heterocycles. The first kappa shape index (κ1) is 31.3. The number of carbonyl (C=O) groups is 3. The van der Waals surface area contributed by atoms with Crippen molar-refractivity contribution < 1.29 is 29.0 Å². The molecule has 8 nitrogen and oxygen atoms in total. The molecule has 3 aliphatic rings. The maximum Gasteiger partial charge on any atom is 0.312 e. The third-order valence-corrected chi connectivity index (χ3v) is 9.79. The number of carbonyl (C=O) groups excluding carboxylic acids is 3. The molecule has 224 valence electrons. The van der Waals surface area contributed by atoms with Crippen LogP contribution in [0.5, 0.6) is 0 Å². The third-order valence-electron chi connectivity index (χ3n) is 9.47. The maximum atomic E-state index is 14.8. The second-order valence-electron chi connectivity index (χ2n) is 11.5. The molecular formula is C32H43ClN2O6. The van der Waals surface area contributed by atoms with Gasteiger partial charge in [-0.2, -0.15) is 0 Å². The Morgan fingerprint density at radius 1 is 1.27 bits per heavy atom. The highest BCUT2D eigenvalue weighted by atomic mass is 35.5.